The molecule has 0 saturated heterocycles. The summed E-state index contributed by atoms with van der Waals surface area (Å²) in [6.07, 6.45) is -0.465. The minimum absolute atomic E-state index is 0.0432. The van der Waals surface area contributed by atoms with E-state index >= 15 is 0 Å². The van der Waals surface area contributed by atoms with Crippen LogP contribution in [0.5, 0.6) is 0 Å². The molecule has 1 atom stereocenters. The third-order valence-electron chi connectivity index (χ3n) is 5.38. The van der Waals surface area contributed by atoms with Gasteiger partial charge in [-0.25, -0.2) is 4.79 Å². The normalized spacial score (nSPS) is 13.1. The van der Waals surface area contributed by atoms with Gasteiger partial charge in [0.05, 0.1) is 11.0 Å². The van der Waals surface area contributed by atoms with Crippen molar-refractivity contribution in [2.75, 3.05) is 6.61 Å². The predicted octanol–water partition coefficient (Wildman–Crippen LogP) is 5.03. The summed E-state index contributed by atoms with van der Waals surface area (Å²) in [5.41, 5.74) is 5.94. The first-order valence-corrected chi connectivity index (χ1v) is 10.5. The second-order valence-corrected chi connectivity index (χ2v) is 7.83. The van der Waals surface area contributed by atoms with E-state index in [9.17, 15) is 4.79 Å². The van der Waals surface area contributed by atoms with E-state index in [1.165, 1.54) is 22.3 Å². The monoisotopic (exact) mass is 416 g/mol. The Hall–Kier alpha value is -3.18. The molecular weight excluding hydrogens is 392 g/mol. The van der Waals surface area contributed by atoms with Crippen LogP contribution in [0.25, 0.3) is 11.1 Å². The summed E-state index contributed by atoms with van der Waals surface area (Å²) in [5.74, 6) is 0.0432. The quantitative estimate of drug-likeness (QED) is 0.554. The molecule has 4 rings (SSSR count). The maximum Gasteiger partial charge on any atom is 0.407 e. The van der Waals surface area contributed by atoms with Crippen molar-refractivity contribution in [2.45, 2.75) is 25.4 Å². The second kappa shape index (κ2) is 9.09. The van der Waals surface area contributed by atoms with E-state index in [1.807, 2.05) is 61.5 Å². The highest BCUT2D eigenvalue weighted by atomic mass is 32.1. The Labute approximate surface area is 182 Å². The number of alkyl carbamates (subject to hydrolysis) is 1. The molecule has 1 amide bonds. The number of carbonyl (C=O) groups is 1. The Kier molecular flexibility index (Phi) is 6.10. The summed E-state index contributed by atoms with van der Waals surface area (Å²) >= 11 is 5.41. The van der Waals surface area contributed by atoms with Gasteiger partial charge in [-0.05, 0) is 34.7 Å². The first-order chi connectivity index (χ1) is 14.6. The molecule has 0 fully saturated rings. The van der Waals surface area contributed by atoms with Crippen LogP contribution in [-0.4, -0.2) is 23.7 Å². The highest BCUT2D eigenvalue weighted by Crippen LogP contribution is 2.44. The number of amides is 1. The SMILES string of the molecule is CC(NC(=O)OCC1c2ccccc2-c2ccccc21)C(=S)NCc1ccccc1. The Morgan fingerprint density at radius 2 is 1.50 bits per heavy atom. The minimum atomic E-state index is -0.465. The predicted molar refractivity (Wildman–Crippen MR) is 124 cm³/mol. The third kappa shape index (κ3) is 4.36. The average molecular weight is 417 g/mol. The number of nitrogens with one attached hydrogen (secondary N) is 2. The van der Waals surface area contributed by atoms with E-state index < -0.39 is 6.09 Å². The number of ether oxygens (including phenoxy) is 1. The van der Waals surface area contributed by atoms with Gasteiger partial charge in [0.15, 0.2) is 0 Å². The van der Waals surface area contributed by atoms with Crippen molar-refractivity contribution in [1.82, 2.24) is 10.6 Å². The molecule has 4 nitrogen and oxygen atoms in total. The second-order valence-electron chi connectivity index (χ2n) is 7.39. The molecule has 1 unspecified atom stereocenters. The van der Waals surface area contributed by atoms with Gasteiger partial charge in [0, 0.05) is 12.5 Å². The summed E-state index contributed by atoms with van der Waals surface area (Å²) in [5, 5.41) is 6.01. The number of thiocarbonyl (C=S) groups is 1. The zero-order valence-electron chi connectivity index (χ0n) is 16.8. The number of carbonyl (C=O) groups excluding carboxylic acids is 1. The van der Waals surface area contributed by atoms with E-state index in [0.717, 1.165) is 5.56 Å². The van der Waals surface area contributed by atoms with Gasteiger partial charge in [0.2, 0.25) is 0 Å². The Bertz CT molecular complexity index is 1010. The van der Waals surface area contributed by atoms with Gasteiger partial charge < -0.3 is 15.4 Å². The molecule has 152 valence electrons. The van der Waals surface area contributed by atoms with Crippen LogP contribution < -0.4 is 10.6 Å². The van der Waals surface area contributed by atoms with Gasteiger partial charge in [-0.1, -0.05) is 91.1 Å². The van der Waals surface area contributed by atoms with E-state index in [2.05, 4.69) is 34.9 Å². The van der Waals surface area contributed by atoms with Crippen molar-refractivity contribution < 1.29 is 9.53 Å². The van der Waals surface area contributed by atoms with Crippen LogP contribution in [0.2, 0.25) is 0 Å². The molecule has 0 radical (unpaired) electrons. The van der Waals surface area contributed by atoms with E-state index in [1.54, 1.807) is 0 Å². The Balaban J connectivity index is 1.32. The van der Waals surface area contributed by atoms with E-state index in [4.69, 9.17) is 17.0 Å². The van der Waals surface area contributed by atoms with Crippen LogP contribution in [0.15, 0.2) is 78.9 Å². The van der Waals surface area contributed by atoms with Crippen LogP contribution in [0.1, 0.15) is 29.5 Å². The van der Waals surface area contributed by atoms with Gasteiger partial charge in [-0.15, -0.1) is 0 Å². The summed E-state index contributed by atoms with van der Waals surface area (Å²) in [4.78, 5) is 13.0. The fourth-order valence-corrected chi connectivity index (χ4v) is 3.95. The molecule has 3 aromatic rings. The molecule has 0 aliphatic heterocycles. The minimum Gasteiger partial charge on any atom is -0.449 e. The molecule has 30 heavy (non-hydrogen) atoms. The van der Waals surface area contributed by atoms with Gasteiger partial charge >= 0.3 is 6.09 Å². The van der Waals surface area contributed by atoms with Crippen LogP contribution in [0.4, 0.5) is 4.79 Å². The first-order valence-electron chi connectivity index (χ1n) is 10.1. The zero-order valence-corrected chi connectivity index (χ0v) is 17.6. The number of hydrogen-bond acceptors (Lipinski definition) is 3. The lowest BCUT2D eigenvalue weighted by atomic mass is 9.98. The molecule has 1 aliphatic rings. The lowest BCUT2D eigenvalue weighted by Crippen LogP contribution is -2.44. The maximum atomic E-state index is 12.4. The van der Waals surface area contributed by atoms with Crippen molar-refractivity contribution in [2.24, 2.45) is 0 Å². The van der Waals surface area contributed by atoms with Crippen LogP contribution >= 0.6 is 12.2 Å². The zero-order chi connectivity index (χ0) is 20.9. The fraction of sp³-hybridized carbons (Fsp3) is 0.200. The lowest BCUT2D eigenvalue weighted by Gasteiger charge is -2.18. The van der Waals surface area contributed by atoms with Crippen LogP contribution in [-0.2, 0) is 11.3 Å². The van der Waals surface area contributed by atoms with Crippen molar-refractivity contribution in [3.05, 3.63) is 95.6 Å². The highest BCUT2D eigenvalue weighted by molar-refractivity contribution is 7.80. The molecular formula is C25H24N2O2S. The number of rotatable bonds is 6. The molecule has 5 heteroatoms. The van der Waals surface area contributed by atoms with Crippen LogP contribution in [0, 0.1) is 0 Å². The molecule has 3 aromatic carbocycles. The topological polar surface area (TPSA) is 50.4 Å². The molecule has 0 heterocycles. The Morgan fingerprint density at radius 3 is 2.13 bits per heavy atom. The van der Waals surface area contributed by atoms with Crippen molar-refractivity contribution in [3.63, 3.8) is 0 Å². The van der Waals surface area contributed by atoms with E-state index in [0.29, 0.717) is 11.5 Å². The smallest absolute Gasteiger partial charge is 0.407 e. The number of fused-ring (bicyclic) bond motifs is 3. The molecule has 1 aliphatic carbocycles. The molecule has 0 spiro atoms. The fourth-order valence-electron chi connectivity index (χ4n) is 3.82. The van der Waals surface area contributed by atoms with Crippen molar-refractivity contribution >= 4 is 23.3 Å². The summed E-state index contributed by atoms with van der Waals surface area (Å²) in [6, 6.07) is 26.2. The van der Waals surface area contributed by atoms with Crippen molar-refractivity contribution in [1.29, 1.82) is 0 Å². The maximum absolute atomic E-state index is 12.4. The highest BCUT2D eigenvalue weighted by Gasteiger charge is 2.29. The lowest BCUT2D eigenvalue weighted by molar-refractivity contribution is 0.142. The summed E-state index contributed by atoms with van der Waals surface area (Å²) in [7, 11) is 0. The molecule has 0 aromatic heterocycles. The molecule has 0 saturated carbocycles. The van der Waals surface area contributed by atoms with Gasteiger partial charge in [-0.2, -0.15) is 0 Å². The van der Waals surface area contributed by atoms with Gasteiger partial charge in [0.1, 0.15) is 6.61 Å². The standard InChI is InChI=1S/C25H24N2O2S/c1-17(24(30)26-15-18-9-3-2-4-10-18)27-25(28)29-16-23-21-13-7-5-11-19(21)20-12-6-8-14-22(20)23/h2-14,17,23H,15-16H2,1H3,(H,26,30)(H,27,28). The van der Waals surface area contributed by atoms with Gasteiger partial charge in [0.25, 0.3) is 0 Å². The molecule has 2 N–H and O–H groups in total. The van der Waals surface area contributed by atoms with Gasteiger partial charge in [-0.3, -0.25) is 0 Å². The number of benzene rings is 3. The number of hydrogen-bond donors (Lipinski definition) is 2. The summed E-state index contributed by atoms with van der Waals surface area (Å²) in [6.45, 7) is 2.76. The first kappa shape index (κ1) is 20.1. The van der Waals surface area contributed by atoms with E-state index in [-0.39, 0.29) is 18.6 Å². The van der Waals surface area contributed by atoms with Crippen molar-refractivity contribution in [3.8, 4) is 11.1 Å². The van der Waals surface area contributed by atoms with Crippen LogP contribution in [0.3, 0.4) is 0 Å². The average Bonchev–Trinajstić information content (AvgIpc) is 3.10. The summed E-state index contributed by atoms with van der Waals surface area (Å²) < 4.78 is 5.59. The Morgan fingerprint density at radius 1 is 0.933 bits per heavy atom. The molecule has 0 bridgehead atoms. The third-order valence-corrected chi connectivity index (χ3v) is 5.88. The largest absolute Gasteiger partial charge is 0.449 e.